The maximum Gasteiger partial charge on any atom is 0.328 e. The van der Waals surface area contributed by atoms with Crippen LogP contribution in [0.1, 0.15) is 65.4 Å². The number of fused-ring (bicyclic) bond motifs is 2. The molecule has 0 aliphatic carbocycles. The van der Waals surface area contributed by atoms with Gasteiger partial charge in [0.15, 0.2) is 0 Å². The van der Waals surface area contributed by atoms with E-state index in [1.165, 1.54) is 41.7 Å². The number of esters is 1. The third kappa shape index (κ3) is 9.91. The zero-order valence-electron chi connectivity index (χ0n) is 30.2. The minimum absolute atomic E-state index is 0.0477. The summed E-state index contributed by atoms with van der Waals surface area (Å²) in [6.07, 6.45) is 4.47. The monoisotopic (exact) mass is 730 g/mol. The molecule has 0 aromatic heterocycles. The molecule has 52 heavy (non-hydrogen) atoms. The summed E-state index contributed by atoms with van der Waals surface area (Å²) in [4.78, 5) is 98.3. The second-order valence-electron chi connectivity index (χ2n) is 14.0. The van der Waals surface area contributed by atoms with Gasteiger partial charge in [0.25, 0.3) is 0 Å². The summed E-state index contributed by atoms with van der Waals surface area (Å²) in [5.74, 6) is -6.41. The largest absolute Gasteiger partial charge is 0.461 e. The SMILES string of the molecule is CC(C)CC=CC(=O)N[C@@H](Cc1cc(F)cc(F)c1)C(=O)N[C@H]1COC(=O)[C@@H]2CCCN2C(=O)[C@H](C)NC(=O)[C@H](C)N(C)C(=O)[C@@H]2CCCN2C1=O. The van der Waals surface area contributed by atoms with Gasteiger partial charge in [-0.05, 0) is 75.6 Å². The first kappa shape index (κ1) is 39.9. The van der Waals surface area contributed by atoms with E-state index >= 15 is 0 Å². The van der Waals surface area contributed by atoms with E-state index in [1.54, 1.807) is 6.08 Å². The van der Waals surface area contributed by atoms with Crippen molar-refractivity contribution in [2.24, 2.45) is 5.92 Å². The molecular weight excluding hydrogens is 682 g/mol. The number of hydrogen-bond acceptors (Lipinski definition) is 8. The molecule has 0 spiro atoms. The Kier molecular flexibility index (Phi) is 13.5. The number of nitrogens with one attached hydrogen (secondary N) is 3. The number of allylic oxidation sites excluding steroid dienone is 1. The van der Waals surface area contributed by atoms with Crippen LogP contribution < -0.4 is 16.0 Å². The lowest BCUT2D eigenvalue weighted by Gasteiger charge is -2.34. The first-order valence-electron chi connectivity index (χ1n) is 17.6. The maximum absolute atomic E-state index is 14.2. The molecule has 3 N–H and O–H groups in total. The van der Waals surface area contributed by atoms with Crippen molar-refractivity contribution in [3.8, 4) is 0 Å². The molecule has 3 fully saturated rings. The van der Waals surface area contributed by atoms with Crippen LogP contribution in [0.5, 0.6) is 0 Å². The summed E-state index contributed by atoms with van der Waals surface area (Å²) >= 11 is 0. The molecule has 3 heterocycles. The Hall–Kier alpha value is -4.89. The highest BCUT2D eigenvalue weighted by atomic mass is 19.1. The number of halogens is 2. The van der Waals surface area contributed by atoms with Crippen LogP contribution in [0.25, 0.3) is 0 Å². The summed E-state index contributed by atoms with van der Waals surface area (Å²) in [7, 11) is 1.42. The van der Waals surface area contributed by atoms with Gasteiger partial charge < -0.3 is 35.4 Å². The number of likely N-dealkylation sites (N-methyl/N-ethyl adjacent to an activating group) is 1. The van der Waals surface area contributed by atoms with Crippen LogP contribution >= 0.6 is 0 Å². The van der Waals surface area contributed by atoms with E-state index in [0.29, 0.717) is 25.3 Å². The molecule has 3 aliphatic rings. The average Bonchev–Trinajstić information content (AvgIpc) is 3.78. The Morgan fingerprint density at radius 1 is 0.942 bits per heavy atom. The number of cyclic esters (lactones) is 1. The molecule has 6 amide bonds. The number of ether oxygens (including phenoxy) is 1. The number of nitrogens with zero attached hydrogens (tertiary/aromatic N) is 3. The first-order chi connectivity index (χ1) is 24.6. The van der Waals surface area contributed by atoms with Crippen LogP contribution in [0.4, 0.5) is 8.78 Å². The molecule has 284 valence electrons. The van der Waals surface area contributed by atoms with Crippen LogP contribution in [0, 0.1) is 17.6 Å². The van der Waals surface area contributed by atoms with Gasteiger partial charge in [-0.25, -0.2) is 13.6 Å². The third-order valence-corrected chi connectivity index (χ3v) is 9.54. The van der Waals surface area contributed by atoms with Gasteiger partial charge >= 0.3 is 5.97 Å². The van der Waals surface area contributed by atoms with Crippen LogP contribution in [0.15, 0.2) is 30.4 Å². The second kappa shape index (κ2) is 17.6. The number of carbonyl (C=O) groups excluding carboxylic acids is 7. The number of benzene rings is 1. The summed E-state index contributed by atoms with van der Waals surface area (Å²) in [5.41, 5.74) is 0.0477. The highest BCUT2D eigenvalue weighted by Gasteiger charge is 2.43. The van der Waals surface area contributed by atoms with Gasteiger partial charge in [-0.2, -0.15) is 0 Å². The standard InChI is InChI=1S/C36H48F2N6O8/c1-20(2)9-6-12-30(45)40-26(17-23-15-24(37)18-25(38)16-23)32(47)41-27-19-52-36(51)29-11-8-14-44(29)33(48)21(3)39-31(46)22(4)42(5)35(50)28-10-7-13-43(28)34(27)49/h6,12,15-16,18,20-22,26-29H,7-11,13-14,17,19H2,1-5H3,(H,39,46)(H,40,45)(H,41,47)/t21-,22-,26-,27-,28-,29-/m0/s1. The summed E-state index contributed by atoms with van der Waals surface area (Å²) < 4.78 is 33.8. The first-order valence-corrected chi connectivity index (χ1v) is 17.6. The minimum Gasteiger partial charge on any atom is -0.461 e. The van der Waals surface area contributed by atoms with E-state index in [2.05, 4.69) is 16.0 Å². The van der Waals surface area contributed by atoms with Crippen LogP contribution in [-0.2, 0) is 44.7 Å². The van der Waals surface area contributed by atoms with Gasteiger partial charge in [-0.1, -0.05) is 19.9 Å². The topological polar surface area (TPSA) is 175 Å². The summed E-state index contributed by atoms with van der Waals surface area (Å²) in [6.45, 7) is 6.53. The molecule has 3 aliphatic heterocycles. The molecule has 16 heteroatoms. The van der Waals surface area contributed by atoms with Gasteiger partial charge in [0.05, 0.1) is 0 Å². The van der Waals surface area contributed by atoms with E-state index in [0.717, 1.165) is 12.1 Å². The van der Waals surface area contributed by atoms with Gasteiger partial charge in [0.2, 0.25) is 35.4 Å². The van der Waals surface area contributed by atoms with E-state index < -0.39 is 95.9 Å². The van der Waals surface area contributed by atoms with Crippen molar-refractivity contribution in [3.63, 3.8) is 0 Å². The van der Waals surface area contributed by atoms with Crippen molar-refractivity contribution in [2.75, 3.05) is 26.7 Å². The Morgan fingerprint density at radius 3 is 2.19 bits per heavy atom. The molecule has 3 saturated heterocycles. The predicted molar refractivity (Wildman–Crippen MR) is 183 cm³/mol. The lowest BCUT2D eigenvalue weighted by Crippen LogP contribution is -2.60. The lowest BCUT2D eigenvalue weighted by atomic mass is 10.0. The molecular formula is C36H48F2N6O8. The van der Waals surface area contributed by atoms with Crippen molar-refractivity contribution in [1.29, 1.82) is 0 Å². The number of hydrogen-bond donors (Lipinski definition) is 3. The van der Waals surface area contributed by atoms with E-state index in [9.17, 15) is 42.3 Å². The Morgan fingerprint density at radius 2 is 1.56 bits per heavy atom. The zero-order valence-corrected chi connectivity index (χ0v) is 30.2. The lowest BCUT2D eigenvalue weighted by molar-refractivity contribution is -0.158. The van der Waals surface area contributed by atoms with Gasteiger partial charge in [-0.15, -0.1) is 0 Å². The number of carbonyl (C=O) groups is 7. The molecule has 0 bridgehead atoms. The normalized spacial score (nSPS) is 25.6. The Balaban J connectivity index is 1.67. The summed E-state index contributed by atoms with van der Waals surface area (Å²) in [6, 6.07) is -4.38. The molecule has 6 atom stereocenters. The highest BCUT2D eigenvalue weighted by Crippen LogP contribution is 2.23. The van der Waals surface area contributed by atoms with Crippen LogP contribution in [0.3, 0.4) is 0 Å². The van der Waals surface area contributed by atoms with Crippen molar-refractivity contribution in [2.45, 2.75) is 102 Å². The van der Waals surface area contributed by atoms with E-state index in [-0.39, 0.29) is 43.8 Å². The van der Waals surface area contributed by atoms with Crippen molar-refractivity contribution < 1.29 is 47.1 Å². The molecule has 14 nitrogen and oxygen atoms in total. The number of amides is 6. The quantitative estimate of drug-likeness (QED) is 0.262. The Labute approximate surface area is 301 Å². The average molecular weight is 731 g/mol. The Bertz CT molecular complexity index is 1570. The maximum atomic E-state index is 14.2. The number of rotatable bonds is 8. The van der Waals surface area contributed by atoms with Gasteiger partial charge in [0.1, 0.15) is 54.5 Å². The van der Waals surface area contributed by atoms with Crippen molar-refractivity contribution in [3.05, 3.63) is 47.5 Å². The summed E-state index contributed by atoms with van der Waals surface area (Å²) in [5, 5.41) is 7.70. The van der Waals surface area contributed by atoms with Crippen molar-refractivity contribution >= 4 is 41.4 Å². The smallest absolute Gasteiger partial charge is 0.328 e. The molecule has 0 radical (unpaired) electrons. The molecule has 0 saturated carbocycles. The fraction of sp³-hybridized carbons (Fsp3) is 0.583. The van der Waals surface area contributed by atoms with Crippen LogP contribution in [0.2, 0.25) is 0 Å². The second-order valence-corrected chi connectivity index (χ2v) is 14.0. The van der Waals surface area contributed by atoms with E-state index in [1.807, 2.05) is 13.8 Å². The van der Waals surface area contributed by atoms with Crippen LogP contribution in [-0.4, -0.2) is 119 Å². The third-order valence-electron chi connectivity index (χ3n) is 9.54. The molecule has 4 rings (SSSR count). The highest BCUT2D eigenvalue weighted by molar-refractivity contribution is 5.98. The predicted octanol–water partition coefficient (Wildman–Crippen LogP) is 0.970. The van der Waals surface area contributed by atoms with Gasteiger partial charge in [-0.3, -0.25) is 28.8 Å². The molecule has 0 unspecified atom stereocenters. The zero-order chi connectivity index (χ0) is 38.3. The van der Waals surface area contributed by atoms with Gasteiger partial charge in [0, 0.05) is 32.6 Å². The minimum atomic E-state index is -1.56. The molecule has 1 aromatic carbocycles. The molecule has 1 aromatic rings. The fourth-order valence-corrected chi connectivity index (χ4v) is 6.56. The fourth-order valence-electron chi connectivity index (χ4n) is 6.56. The van der Waals surface area contributed by atoms with E-state index in [4.69, 9.17) is 4.74 Å². The van der Waals surface area contributed by atoms with Crippen molar-refractivity contribution in [1.82, 2.24) is 30.7 Å².